The lowest BCUT2D eigenvalue weighted by Crippen LogP contribution is -2.54. The average Bonchev–Trinajstić information content (AvgIpc) is 3.35. The number of halogens is 4. The highest BCUT2D eigenvalue weighted by molar-refractivity contribution is 5.94. The van der Waals surface area contributed by atoms with Crippen molar-refractivity contribution in [2.45, 2.75) is 71.0 Å². The van der Waals surface area contributed by atoms with Crippen LogP contribution in [0.3, 0.4) is 0 Å². The minimum absolute atomic E-state index is 0.0164. The zero-order valence-electron chi connectivity index (χ0n) is 24.1. The number of carbonyl (C=O) groups excluding carboxylic acids is 2. The number of piperidine rings is 1. The number of hydrogen-bond donors (Lipinski definition) is 0. The average molecular weight is 599 g/mol. The Hall–Kier alpha value is -4.09. The molecule has 0 saturated carbocycles. The van der Waals surface area contributed by atoms with Gasteiger partial charge in [-0.3, -0.25) is 14.4 Å². The van der Waals surface area contributed by atoms with Crippen LogP contribution in [0.1, 0.15) is 48.4 Å². The number of amides is 3. The molecule has 2 saturated heterocycles. The van der Waals surface area contributed by atoms with Crippen molar-refractivity contribution in [3.8, 4) is 0 Å². The lowest BCUT2D eigenvalue weighted by molar-refractivity contribution is -0.138. The van der Waals surface area contributed by atoms with Crippen molar-refractivity contribution in [2.24, 2.45) is 0 Å². The number of anilines is 2. The van der Waals surface area contributed by atoms with E-state index in [-0.39, 0.29) is 42.5 Å². The predicted octanol–water partition coefficient (Wildman–Crippen LogP) is 5.58. The van der Waals surface area contributed by atoms with Crippen LogP contribution >= 0.6 is 0 Å². The summed E-state index contributed by atoms with van der Waals surface area (Å²) in [5, 5.41) is 4.66. The number of aromatic nitrogens is 2. The first-order chi connectivity index (χ1) is 20.5. The van der Waals surface area contributed by atoms with E-state index in [4.69, 9.17) is 0 Å². The van der Waals surface area contributed by atoms with E-state index in [0.717, 1.165) is 23.6 Å². The first kappa shape index (κ1) is 29.0. The molecule has 2 fully saturated rings. The van der Waals surface area contributed by atoms with Gasteiger partial charge in [0, 0.05) is 44.4 Å². The summed E-state index contributed by atoms with van der Waals surface area (Å²) in [5.41, 5.74) is 1.34. The number of nitrogens with zero attached hydrogens (tertiary/aromatic N) is 6. The van der Waals surface area contributed by atoms with Crippen molar-refractivity contribution in [3.05, 3.63) is 76.7 Å². The van der Waals surface area contributed by atoms with E-state index in [1.807, 2.05) is 24.1 Å². The van der Waals surface area contributed by atoms with Gasteiger partial charge in [0.1, 0.15) is 5.82 Å². The molecule has 8 nitrogen and oxygen atoms in total. The van der Waals surface area contributed by atoms with Crippen LogP contribution in [-0.4, -0.2) is 63.2 Å². The predicted molar refractivity (Wildman–Crippen MR) is 153 cm³/mol. The third kappa shape index (κ3) is 5.54. The number of alkyl halides is 3. The van der Waals surface area contributed by atoms with Crippen LogP contribution in [0.4, 0.5) is 33.9 Å². The van der Waals surface area contributed by atoms with Gasteiger partial charge in [0.15, 0.2) is 5.82 Å². The normalized spacial score (nSPS) is 19.5. The van der Waals surface area contributed by atoms with Crippen LogP contribution in [0.25, 0.3) is 0 Å². The molecule has 3 aliphatic heterocycles. The van der Waals surface area contributed by atoms with Crippen LogP contribution in [0.15, 0.2) is 48.7 Å². The van der Waals surface area contributed by atoms with Gasteiger partial charge in [-0.15, -0.1) is 0 Å². The fourth-order valence-corrected chi connectivity index (χ4v) is 6.60. The maximum absolute atomic E-state index is 14.7. The minimum atomic E-state index is -4.57. The van der Waals surface area contributed by atoms with Crippen LogP contribution in [0.5, 0.6) is 0 Å². The van der Waals surface area contributed by atoms with Gasteiger partial charge in [-0.05, 0) is 49.4 Å². The van der Waals surface area contributed by atoms with Crippen LogP contribution in [0.2, 0.25) is 0 Å². The second-order valence-electron chi connectivity index (χ2n) is 11.6. The number of carbonyl (C=O) groups is 2. The molecule has 0 spiro atoms. The molecule has 6 rings (SSSR count). The standard InChI is InChI=1S/C31H34F4N6O2/c1-20-6-5-9-27(32)28(20)37-13-10-24(11-14-37)40-18-23-16-38(19-25-12-15-39(25)21(2)42)36-29(23)41(30(40)43)17-22-7-3-4-8-26(22)31(33,34)35/h3-9,16,24-25H,10-15,17-19H2,1-2H3. The summed E-state index contributed by atoms with van der Waals surface area (Å²) in [6.07, 6.45) is -0.726. The molecular formula is C31H34F4N6O2. The number of aryl methyl sites for hydroxylation is 1. The van der Waals surface area contributed by atoms with Crippen LogP contribution in [0, 0.1) is 12.7 Å². The number of likely N-dealkylation sites (tertiary alicyclic amines) is 1. The Labute approximate surface area is 247 Å². The Balaban J connectivity index is 1.28. The zero-order valence-corrected chi connectivity index (χ0v) is 24.1. The van der Waals surface area contributed by atoms with Gasteiger partial charge in [0.2, 0.25) is 5.91 Å². The molecule has 3 aromatic rings. The largest absolute Gasteiger partial charge is 0.416 e. The van der Waals surface area contributed by atoms with Crippen molar-refractivity contribution in [3.63, 3.8) is 0 Å². The van der Waals surface area contributed by atoms with E-state index in [2.05, 4.69) is 5.10 Å². The highest BCUT2D eigenvalue weighted by Crippen LogP contribution is 2.37. The Morgan fingerprint density at radius 3 is 2.42 bits per heavy atom. The maximum Gasteiger partial charge on any atom is 0.416 e. The van der Waals surface area contributed by atoms with Gasteiger partial charge >= 0.3 is 12.2 Å². The van der Waals surface area contributed by atoms with Gasteiger partial charge in [-0.25, -0.2) is 9.18 Å². The molecule has 3 aliphatic rings. The fourth-order valence-electron chi connectivity index (χ4n) is 6.60. The molecule has 1 aromatic heterocycles. The smallest absolute Gasteiger partial charge is 0.369 e. The molecule has 3 amide bonds. The first-order valence-electron chi connectivity index (χ1n) is 14.6. The molecule has 43 heavy (non-hydrogen) atoms. The Bertz CT molecular complexity index is 1510. The first-order valence-corrected chi connectivity index (χ1v) is 14.6. The topological polar surface area (TPSA) is 64.9 Å². The van der Waals surface area contributed by atoms with Gasteiger partial charge in [0.25, 0.3) is 0 Å². The maximum atomic E-state index is 14.7. The SMILES string of the molecule is CC(=O)N1CCC1Cn1cc2c(n1)N(Cc1ccccc1C(F)(F)F)C(=O)N(C1CCN(c3c(C)cccc3F)CC1)C2. The van der Waals surface area contributed by atoms with Crippen molar-refractivity contribution < 1.29 is 27.2 Å². The Morgan fingerprint density at radius 1 is 1.02 bits per heavy atom. The molecule has 228 valence electrons. The van der Waals surface area contributed by atoms with Crippen molar-refractivity contribution >= 4 is 23.4 Å². The lowest BCUT2D eigenvalue weighted by Gasteiger charge is -2.43. The van der Waals surface area contributed by atoms with Gasteiger partial charge in [-0.1, -0.05) is 30.3 Å². The quantitative estimate of drug-likeness (QED) is 0.348. The number of hydrogen-bond acceptors (Lipinski definition) is 4. The molecule has 2 aromatic carbocycles. The van der Waals surface area contributed by atoms with E-state index in [9.17, 15) is 27.2 Å². The molecule has 1 atom stereocenters. The molecule has 0 radical (unpaired) electrons. The van der Waals surface area contributed by atoms with Gasteiger partial charge < -0.3 is 14.7 Å². The van der Waals surface area contributed by atoms with Gasteiger partial charge in [0.05, 0.1) is 36.9 Å². The summed E-state index contributed by atoms with van der Waals surface area (Å²) in [4.78, 5) is 32.8. The van der Waals surface area contributed by atoms with E-state index in [1.54, 1.807) is 20.5 Å². The second-order valence-corrected chi connectivity index (χ2v) is 11.6. The molecule has 0 N–H and O–H groups in total. The monoisotopic (exact) mass is 598 g/mol. The molecule has 4 heterocycles. The Morgan fingerprint density at radius 2 is 1.77 bits per heavy atom. The van der Waals surface area contributed by atoms with E-state index in [0.29, 0.717) is 50.5 Å². The number of para-hydroxylation sites is 1. The molecule has 0 aliphatic carbocycles. The molecule has 0 bridgehead atoms. The molecule has 12 heteroatoms. The third-order valence-electron chi connectivity index (χ3n) is 8.90. The lowest BCUT2D eigenvalue weighted by atomic mass is 10.00. The van der Waals surface area contributed by atoms with Gasteiger partial charge in [-0.2, -0.15) is 18.3 Å². The van der Waals surface area contributed by atoms with Crippen molar-refractivity contribution in [1.82, 2.24) is 19.6 Å². The number of rotatable bonds is 6. The number of fused-ring (bicyclic) bond motifs is 1. The highest BCUT2D eigenvalue weighted by Gasteiger charge is 2.41. The minimum Gasteiger partial charge on any atom is -0.369 e. The zero-order chi connectivity index (χ0) is 30.5. The van der Waals surface area contributed by atoms with Crippen LogP contribution < -0.4 is 9.80 Å². The second kappa shape index (κ2) is 11.2. The summed E-state index contributed by atoms with van der Waals surface area (Å²) >= 11 is 0. The summed E-state index contributed by atoms with van der Waals surface area (Å²) < 4.78 is 58.0. The highest BCUT2D eigenvalue weighted by atomic mass is 19.4. The molecular weight excluding hydrogens is 564 g/mol. The van der Waals surface area contributed by atoms with E-state index >= 15 is 0 Å². The van der Waals surface area contributed by atoms with E-state index < -0.39 is 17.8 Å². The number of urea groups is 1. The van der Waals surface area contributed by atoms with E-state index in [1.165, 1.54) is 36.1 Å². The Kier molecular flexibility index (Phi) is 7.55. The summed E-state index contributed by atoms with van der Waals surface area (Å²) in [6.45, 7) is 5.58. The van der Waals surface area contributed by atoms with Crippen molar-refractivity contribution in [1.29, 1.82) is 0 Å². The third-order valence-corrected chi connectivity index (χ3v) is 8.90. The summed E-state index contributed by atoms with van der Waals surface area (Å²) in [5.74, 6) is 0.0389. The number of benzene rings is 2. The van der Waals surface area contributed by atoms with Crippen LogP contribution in [-0.2, 0) is 30.6 Å². The fraction of sp³-hybridized carbons (Fsp3) is 0.452. The molecule has 1 unspecified atom stereocenters. The van der Waals surface area contributed by atoms with Crippen molar-refractivity contribution in [2.75, 3.05) is 29.4 Å². The summed E-state index contributed by atoms with van der Waals surface area (Å²) in [7, 11) is 0. The summed E-state index contributed by atoms with van der Waals surface area (Å²) in [6, 6.07) is 9.68.